The van der Waals surface area contributed by atoms with Gasteiger partial charge in [-0.05, 0) is 49.0 Å². The Hall–Kier alpha value is -1.96. The molecule has 0 amide bonds. The predicted molar refractivity (Wildman–Crippen MR) is 108 cm³/mol. The molecule has 2 heterocycles. The summed E-state index contributed by atoms with van der Waals surface area (Å²) in [6, 6.07) is 10.3. The summed E-state index contributed by atoms with van der Waals surface area (Å²) in [5, 5.41) is 0.493. The van der Waals surface area contributed by atoms with E-state index in [9.17, 15) is 8.42 Å². The fourth-order valence-corrected chi connectivity index (χ4v) is 4.73. The Bertz CT molecular complexity index is 957. The van der Waals surface area contributed by atoms with E-state index in [1.54, 1.807) is 30.3 Å². The molecular formula is C19H22ClN3O3S. The van der Waals surface area contributed by atoms with Gasteiger partial charge in [-0.15, -0.1) is 0 Å². The summed E-state index contributed by atoms with van der Waals surface area (Å²) in [6.45, 7) is 4.12. The number of nitrogens with zero attached hydrogens (tertiary/aromatic N) is 2. The molecule has 1 fully saturated rings. The lowest BCUT2D eigenvalue weighted by Gasteiger charge is -2.35. The normalized spacial score (nSPS) is 17.5. The third-order valence-electron chi connectivity index (χ3n) is 5.02. The van der Waals surface area contributed by atoms with Crippen LogP contribution in [0.5, 0.6) is 5.75 Å². The summed E-state index contributed by atoms with van der Waals surface area (Å²) in [6.07, 6.45) is 0.725. The van der Waals surface area contributed by atoms with Gasteiger partial charge in [0.2, 0.25) is 0 Å². The molecule has 2 aromatic rings. The zero-order chi connectivity index (χ0) is 19.0. The average Bonchev–Trinajstić information content (AvgIpc) is 3.10. The third-order valence-corrected chi connectivity index (χ3v) is 6.62. The Balaban J connectivity index is 1.64. The van der Waals surface area contributed by atoms with Gasteiger partial charge in [0.1, 0.15) is 5.75 Å². The lowest BCUT2D eigenvalue weighted by molar-refractivity contribution is 0.313. The topological polar surface area (TPSA) is 61.9 Å². The van der Waals surface area contributed by atoms with E-state index in [-0.39, 0.29) is 4.90 Å². The quantitative estimate of drug-likeness (QED) is 0.844. The second-order valence-electron chi connectivity index (χ2n) is 6.93. The first kappa shape index (κ1) is 18.4. The van der Waals surface area contributed by atoms with E-state index in [1.807, 2.05) is 6.07 Å². The SMILES string of the molecule is CN1CCN(c2ccc(Cl)cc2NS(=O)(=O)c2ccc3c(c2)CCO3)CC1. The van der Waals surface area contributed by atoms with Crippen LogP contribution in [0.4, 0.5) is 11.4 Å². The maximum absolute atomic E-state index is 13.0. The minimum atomic E-state index is -3.72. The van der Waals surface area contributed by atoms with Gasteiger partial charge in [0.15, 0.2) is 0 Å². The first-order valence-electron chi connectivity index (χ1n) is 8.94. The first-order valence-corrected chi connectivity index (χ1v) is 10.8. The Labute approximate surface area is 164 Å². The molecule has 27 heavy (non-hydrogen) atoms. The molecule has 0 bridgehead atoms. The van der Waals surface area contributed by atoms with E-state index in [1.165, 1.54) is 0 Å². The summed E-state index contributed by atoms with van der Waals surface area (Å²) >= 11 is 6.15. The number of sulfonamides is 1. The van der Waals surface area contributed by atoms with Gasteiger partial charge in [-0.2, -0.15) is 0 Å². The zero-order valence-corrected chi connectivity index (χ0v) is 16.7. The van der Waals surface area contributed by atoms with Crippen LogP contribution in [-0.4, -0.2) is 53.2 Å². The number of benzene rings is 2. The van der Waals surface area contributed by atoms with Crippen molar-refractivity contribution in [3.05, 3.63) is 47.0 Å². The molecule has 0 unspecified atom stereocenters. The van der Waals surface area contributed by atoms with Crippen LogP contribution in [0, 0.1) is 0 Å². The minimum Gasteiger partial charge on any atom is -0.493 e. The van der Waals surface area contributed by atoms with E-state index in [2.05, 4.69) is 21.6 Å². The van der Waals surface area contributed by atoms with E-state index in [0.717, 1.165) is 49.6 Å². The van der Waals surface area contributed by atoms with Crippen LogP contribution in [0.2, 0.25) is 5.02 Å². The van der Waals surface area contributed by atoms with Gasteiger partial charge in [0.25, 0.3) is 10.0 Å². The molecule has 0 aromatic heterocycles. The Morgan fingerprint density at radius 2 is 1.85 bits per heavy atom. The smallest absolute Gasteiger partial charge is 0.261 e. The molecule has 2 aliphatic heterocycles. The molecule has 6 nitrogen and oxygen atoms in total. The van der Waals surface area contributed by atoms with Crippen molar-refractivity contribution in [3.63, 3.8) is 0 Å². The summed E-state index contributed by atoms with van der Waals surface area (Å²) in [7, 11) is -1.64. The molecule has 0 saturated carbocycles. The number of rotatable bonds is 4. The second kappa shape index (κ2) is 7.22. The van der Waals surface area contributed by atoms with Gasteiger partial charge in [-0.3, -0.25) is 4.72 Å². The van der Waals surface area contributed by atoms with Crippen LogP contribution in [0.1, 0.15) is 5.56 Å². The van der Waals surface area contributed by atoms with Crippen molar-refractivity contribution in [2.24, 2.45) is 0 Å². The predicted octanol–water partition coefficient (Wildman–Crippen LogP) is 2.83. The van der Waals surface area contributed by atoms with Crippen molar-refractivity contribution in [2.45, 2.75) is 11.3 Å². The Morgan fingerprint density at radius 3 is 2.63 bits per heavy atom. The largest absolute Gasteiger partial charge is 0.493 e. The number of halogens is 1. The van der Waals surface area contributed by atoms with Crippen LogP contribution < -0.4 is 14.4 Å². The van der Waals surface area contributed by atoms with Crippen molar-refractivity contribution >= 4 is 33.0 Å². The molecule has 144 valence electrons. The number of hydrogen-bond donors (Lipinski definition) is 1. The molecule has 0 radical (unpaired) electrons. The van der Waals surface area contributed by atoms with Crippen LogP contribution in [0.25, 0.3) is 0 Å². The highest BCUT2D eigenvalue weighted by Crippen LogP contribution is 2.33. The number of hydrogen-bond acceptors (Lipinski definition) is 5. The van der Waals surface area contributed by atoms with Crippen molar-refractivity contribution < 1.29 is 13.2 Å². The summed E-state index contributed by atoms with van der Waals surface area (Å²) in [4.78, 5) is 4.67. The lowest BCUT2D eigenvalue weighted by atomic mass is 10.2. The summed E-state index contributed by atoms with van der Waals surface area (Å²) in [5.74, 6) is 0.759. The van der Waals surface area contributed by atoms with Gasteiger partial charge in [0.05, 0.1) is 22.9 Å². The highest BCUT2D eigenvalue weighted by Gasteiger charge is 2.23. The zero-order valence-electron chi connectivity index (χ0n) is 15.1. The molecule has 8 heteroatoms. The standard InChI is InChI=1S/C19H22ClN3O3S/c1-22-7-9-23(10-8-22)18-4-2-15(20)13-17(18)21-27(24,25)16-3-5-19-14(12-16)6-11-26-19/h2-5,12-13,21H,6-11H2,1H3. The summed E-state index contributed by atoms with van der Waals surface area (Å²) < 4.78 is 34.2. The van der Waals surface area contributed by atoms with Gasteiger partial charge < -0.3 is 14.5 Å². The van der Waals surface area contributed by atoms with E-state index in [4.69, 9.17) is 16.3 Å². The molecule has 0 spiro atoms. The molecule has 1 N–H and O–H groups in total. The molecule has 2 aromatic carbocycles. The highest BCUT2D eigenvalue weighted by atomic mass is 35.5. The molecular weight excluding hydrogens is 386 g/mol. The molecule has 0 aliphatic carbocycles. The third kappa shape index (κ3) is 3.85. The van der Waals surface area contributed by atoms with E-state index < -0.39 is 10.0 Å². The molecule has 2 aliphatic rings. The average molecular weight is 408 g/mol. The number of anilines is 2. The van der Waals surface area contributed by atoms with Crippen LogP contribution in [0.15, 0.2) is 41.3 Å². The fraction of sp³-hybridized carbons (Fsp3) is 0.368. The number of fused-ring (bicyclic) bond motifs is 1. The van der Waals surface area contributed by atoms with Crippen molar-refractivity contribution in [3.8, 4) is 5.75 Å². The number of piperazine rings is 1. The lowest BCUT2D eigenvalue weighted by Crippen LogP contribution is -2.44. The van der Waals surface area contributed by atoms with E-state index >= 15 is 0 Å². The number of ether oxygens (including phenoxy) is 1. The minimum absolute atomic E-state index is 0.232. The molecule has 1 saturated heterocycles. The van der Waals surface area contributed by atoms with Crippen molar-refractivity contribution in [1.82, 2.24) is 4.90 Å². The maximum atomic E-state index is 13.0. The van der Waals surface area contributed by atoms with Crippen LogP contribution in [-0.2, 0) is 16.4 Å². The summed E-state index contributed by atoms with van der Waals surface area (Å²) in [5.41, 5.74) is 2.27. The van der Waals surface area contributed by atoms with Crippen molar-refractivity contribution in [1.29, 1.82) is 0 Å². The van der Waals surface area contributed by atoms with Gasteiger partial charge in [0, 0.05) is 37.6 Å². The Morgan fingerprint density at radius 1 is 1.07 bits per heavy atom. The number of nitrogens with one attached hydrogen (secondary N) is 1. The highest BCUT2D eigenvalue weighted by molar-refractivity contribution is 7.92. The van der Waals surface area contributed by atoms with E-state index in [0.29, 0.717) is 17.3 Å². The fourth-order valence-electron chi connectivity index (χ4n) is 3.45. The Kier molecular flexibility index (Phi) is 4.92. The second-order valence-corrected chi connectivity index (χ2v) is 9.04. The monoisotopic (exact) mass is 407 g/mol. The van der Waals surface area contributed by atoms with Gasteiger partial charge >= 0.3 is 0 Å². The maximum Gasteiger partial charge on any atom is 0.261 e. The first-order chi connectivity index (χ1) is 12.9. The molecule has 4 rings (SSSR count). The molecule has 0 atom stereocenters. The van der Waals surface area contributed by atoms with Gasteiger partial charge in [-0.1, -0.05) is 11.6 Å². The van der Waals surface area contributed by atoms with Crippen LogP contribution >= 0.6 is 11.6 Å². The van der Waals surface area contributed by atoms with Crippen molar-refractivity contribution in [2.75, 3.05) is 49.5 Å². The number of likely N-dealkylation sites (N-methyl/N-ethyl adjacent to an activating group) is 1. The van der Waals surface area contributed by atoms with Crippen LogP contribution in [0.3, 0.4) is 0 Å². The van der Waals surface area contributed by atoms with Gasteiger partial charge in [-0.25, -0.2) is 8.42 Å².